The Morgan fingerprint density at radius 2 is 1.63 bits per heavy atom. The number of nitrogens with one attached hydrogen (secondary N) is 1. The Morgan fingerprint density at radius 1 is 1.05 bits per heavy atom. The zero-order valence-corrected chi connectivity index (χ0v) is 12.9. The molecule has 1 rings (SSSR count). The lowest BCUT2D eigenvalue weighted by atomic mass is 9.95. The van der Waals surface area contributed by atoms with Crippen LogP contribution in [0.2, 0.25) is 0 Å². The Hall–Kier alpha value is -0.860. The van der Waals surface area contributed by atoms with Gasteiger partial charge in [0.05, 0.1) is 5.60 Å². The molecular weight excluding hydrogens is 234 g/mol. The maximum absolute atomic E-state index is 10.3. The first-order chi connectivity index (χ1) is 9.08. The van der Waals surface area contributed by atoms with E-state index in [9.17, 15) is 5.11 Å². The van der Waals surface area contributed by atoms with Crippen LogP contribution in [0.15, 0.2) is 24.3 Å². The number of rotatable bonds is 8. The van der Waals surface area contributed by atoms with Gasteiger partial charge in [-0.25, -0.2) is 0 Å². The van der Waals surface area contributed by atoms with Crippen molar-refractivity contribution in [3.05, 3.63) is 35.4 Å². The van der Waals surface area contributed by atoms with Crippen molar-refractivity contribution in [3.63, 3.8) is 0 Å². The van der Waals surface area contributed by atoms with E-state index in [4.69, 9.17) is 0 Å². The van der Waals surface area contributed by atoms with Crippen molar-refractivity contribution in [1.29, 1.82) is 0 Å². The van der Waals surface area contributed by atoms with Crippen molar-refractivity contribution in [2.45, 2.75) is 65.0 Å². The Morgan fingerprint density at radius 3 is 2.05 bits per heavy atom. The molecule has 1 atom stereocenters. The summed E-state index contributed by atoms with van der Waals surface area (Å²) in [6, 6.07) is 9.14. The van der Waals surface area contributed by atoms with Crippen LogP contribution in [0.5, 0.6) is 0 Å². The molecule has 0 saturated carbocycles. The molecule has 0 aliphatic rings. The van der Waals surface area contributed by atoms with Crippen LogP contribution >= 0.6 is 0 Å². The van der Waals surface area contributed by atoms with E-state index in [1.54, 1.807) is 0 Å². The van der Waals surface area contributed by atoms with Crippen LogP contribution in [0.25, 0.3) is 0 Å². The van der Waals surface area contributed by atoms with Crippen LogP contribution in [0.3, 0.4) is 0 Å². The fourth-order valence-corrected chi connectivity index (χ4v) is 2.30. The third-order valence-corrected chi connectivity index (χ3v) is 4.19. The molecule has 2 N–H and O–H groups in total. The van der Waals surface area contributed by atoms with Crippen LogP contribution in [0, 0.1) is 0 Å². The van der Waals surface area contributed by atoms with E-state index >= 15 is 0 Å². The van der Waals surface area contributed by atoms with Crippen LogP contribution < -0.4 is 5.32 Å². The summed E-state index contributed by atoms with van der Waals surface area (Å²) in [5, 5.41) is 13.9. The second kappa shape index (κ2) is 7.66. The van der Waals surface area contributed by atoms with Gasteiger partial charge in [-0.2, -0.15) is 0 Å². The quantitative estimate of drug-likeness (QED) is 0.747. The predicted molar refractivity (Wildman–Crippen MR) is 82.4 cm³/mol. The summed E-state index contributed by atoms with van der Waals surface area (Å²) >= 11 is 0. The van der Waals surface area contributed by atoms with Crippen molar-refractivity contribution in [2.75, 3.05) is 6.54 Å². The molecular formula is C17H29NO. The fraction of sp³-hybridized carbons (Fsp3) is 0.647. The zero-order chi connectivity index (χ0) is 14.3. The number of hydrogen-bond acceptors (Lipinski definition) is 2. The average molecular weight is 263 g/mol. The van der Waals surface area contributed by atoms with Crippen molar-refractivity contribution < 1.29 is 5.11 Å². The third kappa shape index (κ3) is 4.63. The molecule has 0 aliphatic heterocycles. The smallest absolute Gasteiger partial charge is 0.0766 e. The normalized spacial score (nSPS) is 13.5. The monoisotopic (exact) mass is 263 g/mol. The molecule has 0 saturated heterocycles. The van der Waals surface area contributed by atoms with Crippen LogP contribution in [-0.2, 0) is 6.42 Å². The highest BCUT2D eigenvalue weighted by molar-refractivity contribution is 5.25. The molecule has 1 aromatic rings. The molecule has 19 heavy (non-hydrogen) atoms. The van der Waals surface area contributed by atoms with Crippen molar-refractivity contribution in [3.8, 4) is 0 Å². The highest BCUT2D eigenvalue weighted by Gasteiger charge is 2.23. The lowest BCUT2D eigenvalue weighted by Gasteiger charge is -2.28. The highest BCUT2D eigenvalue weighted by Crippen LogP contribution is 2.20. The standard InChI is InChI=1S/C17H29NO/c1-5-14-9-11-15(12-10-14)16(6-2)18-13-17(19,7-3)8-4/h9-12,16,18-19H,5-8,13H2,1-4H3. The van der Waals surface area contributed by atoms with Gasteiger partial charge in [-0.05, 0) is 36.8 Å². The number of benzene rings is 1. The molecule has 1 aromatic carbocycles. The molecule has 1 unspecified atom stereocenters. The minimum Gasteiger partial charge on any atom is -0.389 e. The van der Waals surface area contributed by atoms with Crippen LogP contribution in [-0.4, -0.2) is 17.3 Å². The minimum atomic E-state index is -0.573. The van der Waals surface area contributed by atoms with Crippen molar-refractivity contribution >= 4 is 0 Å². The topological polar surface area (TPSA) is 32.3 Å². The maximum atomic E-state index is 10.3. The van der Waals surface area contributed by atoms with E-state index in [2.05, 4.69) is 43.4 Å². The summed E-state index contributed by atoms with van der Waals surface area (Å²) < 4.78 is 0. The van der Waals surface area contributed by atoms with Gasteiger partial charge in [0.15, 0.2) is 0 Å². The summed E-state index contributed by atoms with van der Waals surface area (Å²) in [6.07, 6.45) is 3.70. The highest BCUT2D eigenvalue weighted by atomic mass is 16.3. The summed E-state index contributed by atoms with van der Waals surface area (Å²) in [6.45, 7) is 9.11. The Balaban J connectivity index is 2.67. The van der Waals surface area contributed by atoms with Gasteiger partial charge >= 0.3 is 0 Å². The number of aryl methyl sites for hydroxylation is 1. The third-order valence-electron chi connectivity index (χ3n) is 4.19. The molecule has 0 radical (unpaired) electrons. The Labute approximate surface area is 118 Å². The van der Waals surface area contributed by atoms with Crippen molar-refractivity contribution in [2.24, 2.45) is 0 Å². The van der Waals surface area contributed by atoms with E-state index in [1.165, 1.54) is 11.1 Å². The molecule has 0 aliphatic carbocycles. The van der Waals surface area contributed by atoms with E-state index in [0.29, 0.717) is 12.6 Å². The lowest BCUT2D eigenvalue weighted by Crippen LogP contribution is -2.40. The Bertz CT molecular complexity index is 354. The molecule has 0 amide bonds. The maximum Gasteiger partial charge on any atom is 0.0766 e. The van der Waals surface area contributed by atoms with Gasteiger partial charge in [0.1, 0.15) is 0 Å². The van der Waals surface area contributed by atoms with Crippen LogP contribution in [0.1, 0.15) is 64.1 Å². The largest absolute Gasteiger partial charge is 0.389 e. The molecule has 108 valence electrons. The van der Waals surface area contributed by atoms with Gasteiger partial charge < -0.3 is 10.4 Å². The van der Waals surface area contributed by atoms with E-state index < -0.39 is 5.60 Å². The van der Waals surface area contributed by atoms with E-state index in [1.807, 2.05) is 13.8 Å². The SMILES string of the molecule is CCc1ccc(C(CC)NCC(O)(CC)CC)cc1. The molecule has 0 aromatic heterocycles. The van der Waals surface area contributed by atoms with Gasteiger partial charge in [0.2, 0.25) is 0 Å². The van der Waals surface area contributed by atoms with Gasteiger partial charge in [-0.1, -0.05) is 52.0 Å². The fourth-order valence-electron chi connectivity index (χ4n) is 2.30. The molecule has 0 heterocycles. The Kier molecular flexibility index (Phi) is 6.53. The second-order valence-electron chi connectivity index (χ2n) is 5.37. The first-order valence-electron chi connectivity index (χ1n) is 7.63. The lowest BCUT2D eigenvalue weighted by molar-refractivity contribution is 0.0297. The molecule has 0 spiro atoms. The first-order valence-corrected chi connectivity index (χ1v) is 7.63. The summed E-state index contributed by atoms with van der Waals surface area (Å²) in [5.74, 6) is 0. The van der Waals surface area contributed by atoms with Gasteiger partial charge in [-0.3, -0.25) is 0 Å². The van der Waals surface area contributed by atoms with Gasteiger partial charge in [0, 0.05) is 12.6 Å². The first kappa shape index (κ1) is 16.2. The molecule has 0 fully saturated rings. The van der Waals surface area contributed by atoms with Gasteiger partial charge in [-0.15, -0.1) is 0 Å². The molecule has 2 heteroatoms. The van der Waals surface area contributed by atoms with Crippen LogP contribution in [0.4, 0.5) is 0 Å². The number of hydrogen-bond donors (Lipinski definition) is 2. The number of aliphatic hydroxyl groups is 1. The zero-order valence-electron chi connectivity index (χ0n) is 12.9. The summed E-state index contributed by atoms with van der Waals surface area (Å²) in [7, 11) is 0. The summed E-state index contributed by atoms with van der Waals surface area (Å²) in [5.41, 5.74) is 2.11. The molecule has 2 nitrogen and oxygen atoms in total. The van der Waals surface area contributed by atoms with Crippen molar-refractivity contribution in [1.82, 2.24) is 5.32 Å². The molecule has 0 bridgehead atoms. The predicted octanol–water partition coefficient (Wildman–Crippen LogP) is 3.84. The minimum absolute atomic E-state index is 0.329. The van der Waals surface area contributed by atoms with E-state index in [0.717, 1.165) is 25.7 Å². The summed E-state index contributed by atoms with van der Waals surface area (Å²) in [4.78, 5) is 0. The second-order valence-corrected chi connectivity index (χ2v) is 5.37. The van der Waals surface area contributed by atoms with Gasteiger partial charge in [0.25, 0.3) is 0 Å². The van der Waals surface area contributed by atoms with E-state index in [-0.39, 0.29) is 0 Å². The average Bonchev–Trinajstić information content (AvgIpc) is 2.48.